The summed E-state index contributed by atoms with van der Waals surface area (Å²) in [5.41, 5.74) is 2.04. The van der Waals surface area contributed by atoms with Crippen LogP contribution in [0.2, 0.25) is 0 Å². The molecule has 0 amide bonds. The molecule has 0 aliphatic carbocycles. The van der Waals surface area contributed by atoms with Gasteiger partial charge in [0.25, 0.3) is 0 Å². The van der Waals surface area contributed by atoms with Crippen molar-refractivity contribution in [2.45, 2.75) is 12.0 Å². The van der Waals surface area contributed by atoms with Crippen LogP contribution < -0.4 is 4.98 Å². The van der Waals surface area contributed by atoms with Crippen molar-refractivity contribution in [3.05, 3.63) is 71.8 Å². The van der Waals surface area contributed by atoms with E-state index in [0.717, 1.165) is 11.1 Å². The number of hydrogen-bond donors (Lipinski definition) is 2. The minimum atomic E-state index is -0.812. The molecule has 0 aliphatic heterocycles. The lowest BCUT2D eigenvalue weighted by molar-refractivity contribution is -0.139. The molecule has 0 unspecified atom stereocenters. The fourth-order valence-electron chi connectivity index (χ4n) is 2.33. The van der Waals surface area contributed by atoms with Crippen molar-refractivity contribution >= 4 is 16.4 Å². The standard InChI is InChI=1S/C15H17NO2Si/c17-15(18)14(16-19)13(11-7-3-1-4-8-11)12-9-5-2-6-10-12/h1-10,13-14,16H,19H3,(H,17,18)/t14-/m0/s1. The van der Waals surface area contributed by atoms with Crippen molar-refractivity contribution in [1.29, 1.82) is 0 Å². The van der Waals surface area contributed by atoms with Crippen molar-refractivity contribution in [3.8, 4) is 0 Å². The lowest BCUT2D eigenvalue weighted by atomic mass is 9.85. The van der Waals surface area contributed by atoms with Crippen LogP contribution in [0.15, 0.2) is 60.7 Å². The lowest BCUT2D eigenvalue weighted by Gasteiger charge is -2.24. The Balaban J connectivity index is 2.48. The van der Waals surface area contributed by atoms with Crippen molar-refractivity contribution in [2.75, 3.05) is 0 Å². The van der Waals surface area contributed by atoms with Gasteiger partial charge in [0.1, 0.15) is 6.04 Å². The minimum Gasteiger partial charge on any atom is -0.480 e. The van der Waals surface area contributed by atoms with E-state index >= 15 is 0 Å². The Bertz CT molecular complexity index is 491. The number of hydrogen-bond acceptors (Lipinski definition) is 2. The van der Waals surface area contributed by atoms with E-state index < -0.39 is 12.0 Å². The number of carbonyl (C=O) groups is 1. The summed E-state index contributed by atoms with van der Waals surface area (Å²) in [4.78, 5) is 14.5. The van der Waals surface area contributed by atoms with Gasteiger partial charge in [-0.2, -0.15) is 0 Å². The molecular formula is C15H17NO2Si. The number of carboxylic acids is 1. The molecule has 0 fully saturated rings. The number of aliphatic carboxylic acids is 1. The predicted octanol–water partition coefficient (Wildman–Crippen LogP) is 1.14. The van der Waals surface area contributed by atoms with E-state index in [1.165, 1.54) is 0 Å². The van der Waals surface area contributed by atoms with Crippen molar-refractivity contribution < 1.29 is 9.90 Å². The van der Waals surface area contributed by atoms with Crippen LogP contribution in [-0.4, -0.2) is 27.5 Å². The first-order chi connectivity index (χ1) is 9.24. The maximum atomic E-state index is 11.5. The van der Waals surface area contributed by atoms with Crippen molar-refractivity contribution in [2.24, 2.45) is 0 Å². The van der Waals surface area contributed by atoms with Crippen molar-refractivity contribution in [1.82, 2.24) is 4.98 Å². The van der Waals surface area contributed by atoms with Gasteiger partial charge in [0.15, 0.2) is 0 Å². The highest BCUT2D eigenvalue weighted by Crippen LogP contribution is 2.28. The molecule has 0 aromatic heterocycles. The second-order valence-corrected chi connectivity index (χ2v) is 4.98. The molecule has 3 nitrogen and oxygen atoms in total. The third-order valence-electron chi connectivity index (χ3n) is 3.23. The molecule has 2 aromatic carbocycles. The average molecular weight is 271 g/mol. The highest BCUT2D eigenvalue weighted by Gasteiger charge is 2.28. The molecule has 0 spiro atoms. The number of benzene rings is 2. The van der Waals surface area contributed by atoms with Crippen LogP contribution in [0.3, 0.4) is 0 Å². The van der Waals surface area contributed by atoms with Crippen LogP contribution in [0, 0.1) is 0 Å². The minimum absolute atomic E-state index is 0.169. The highest BCUT2D eigenvalue weighted by molar-refractivity contribution is 6.06. The maximum Gasteiger partial charge on any atom is 0.321 e. The zero-order valence-electron chi connectivity index (χ0n) is 10.8. The van der Waals surface area contributed by atoms with Crippen LogP contribution in [0.1, 0.15) is 17.0 Å². The molecule has 0 aliphatic rings. The molecule has 98 valence electrons. The Kier molecular flexibility index (Phi) is 4.49. The van der Waals surface area contributed by atoms with E-state index in [1.807, 2.05) is 60.7 Å². The summed E-state index contributed by atoms with van der Waals surface area (Å²) in [5.74, 6) is -0.981. The summed E-state index contributed by atoms with van der Waals surface area (Å²) < 4.78 is 0. The Morgan fingerprint density at radius 3 is 1.68 bits per heavy atom. The fraction of sp³-hybridized carbons (Fsp3) is 0.133. The predicted molar refractivity (Wildman–Crippen MR) is 79.2 cm³/mol. The molecule has 0 radical (unpaired) electrons. The molecule has 2 N–H and O–H groups in total. The summed E-state index contributed by atoms with van der Waals surface area (Å²) >= 11 is 0. The van der Waals surface area contributed by atoms with E-state index in [1.54, 1.807) is 0 Å². The van der Waals surface area contributed by atoms with Gasteiger partial charge in [-0.15, -0.1) is 0 Å². The SMILES string of the molecule is O=C(O)[C@@H](N[SiH3])C(c1ccccc1)c1ccccc1. The second-order valence-electron chi connectivity index (χ2n) is 4.40. The Morgan fingerprint density at radius 1 is 0.947 bits per heavy atom. The second kappa shape index (κ2) is 6.31. The van der Waals surface area contributed by atoms with E-state index in [-0.39, 0.29) is 5.92 Å². The van der Waals surface area contributed by atoms with Crippen LogP contribution in [0.25, 0.3) is 0 Å². The molecule has 2 aromatic rings. The first kappa shape index (κ1) is 13.5. The van der Waals surface area contributed by atoms with E-state index in [2.05, 4.69) is 4.98 Å². The Labute approximate surface area is 115 Å². The van der Waals surface area contributed by atoms with E-state index in [0.29, 0.717) is 10.4 Å². The van der Waals surface area contributed by atoms with Crippen LogP contribution in [-0.2, 0) is 4.79 Å². The molecule has 0 saturated carbocycles. The number of rotatable bonds is 5. The van der Waals surface area contributed by atoms with Gasteiger partial charge in [-0.3, -0.25) is 4.79 Å². The summed E-state index contributed by atoms with van der Waals surface area (Å²) in [7, 11) is 0.639. The quantitative estimate of drug-likeness (QED) is 0.802. The van der Waals surface area contributed by atoms with Gasteiger partial charge in [0.05, 0.1) is 10.4 Å². The average Bonchev–Trinajstić information content (AvgIpc) is 2.46. The topological polar surface area (TPSA) is 49.3 Å². The summed E-state index contributed by atoms with van der Waals surface area (Å²) in [5, 5.41) is 9.43. The lowest BCUT2D eigenvalue weighted by Crippen LogP contribution is -2.40. The van der Waals surface area contributed by atoms with Gasteiger partial charge in [0, 0.05) is 5.92 Å². The first-order valence-electron chi connectivity index (χ1n) is 6.24. The normalized spacial score (nSPS) is 12.5. The van der Waals surface area contributed by atoms with Crippen LogP contribution in [0.4, 0.5) is 0 Å². The molecule has 4 heteroatoms. The largest absolute Gasteiger partial charge is 0.480 e. The Hall–Kier alpha value is -1.91. The summed E-state index contributed by atoms with van der Waals surface area (Å²) in [6.45, 7) is 0. The van der Waals surface area contributed by atoms with Crippen LogP contribution >= 0.6 is 0 Å². The molecular weight excluding hydrogens is 254 g/mol. The molecule has 0 bridgehead atoms. The van der Waals surface area contributed by atoms with E-state index in [9.17, 15) is 9.90 Å². The third kappa shape index (κ3) is 3.10. The molecule has 0 heterocycles. The smallest absolute Gasteiger partial charge is 0.321 e. The Morgan fingerprint density at radius 2 is 1.37 bits per heavy atom. The fourth-order valence-corrected chi connectivity index (χ4v) is 2.91. The summed E-state index contributed by atoms with van der Waals surface area (Å²) in [6, 6.07) is 19.0. The van der Waals surface area contributed by atoms with Gasteiger partial charge in [-0.05, 0) is 11.1 Å². The maximum absolute atomic E-state index is 11.5. The first-order valence-corrected chi connectivity index (χ1v) is 7.24. The monoisotopic (exact) mass is 271 g/mol. The van der Waals surface area contributed by atoms with E-state index in [4.69, 9.17) is 0 Å². The van der Waals surface area contributed by atoms with Gasteiger partial charge < -0.3 is 10.1 Å². The third-order valence-corrected chi connectivity index (χ3v) is 3.85. The van der Waals surface area contributed by atoms with Gasteiger partial charge >= 0.3 is 5.97 Å². The zero-order chi connectivity index (χ0) is 13.7. The number of nitrogens with one attached hydrogen (secondary N) is 1. The molecule has 0 saturated heterocycles. The van der Waals surface area contributed by atoms with Gasteiger partial charge in [0.2, 0.25) is 0 Å². The van der Waals surface area contributed by atoms with Gasteiger partial charge in [-0.1, -0.05) is 60.7 Å². The molecule has 19 heavy (non-hydrogen) atoms. The van der Waals surface area contributed by atoms with Crippen LogP contribution in [0.5, 0.6) is 0 Å². The molecule has 1 atom stereocenters. The van der Waals surface area contributed by atoms with Crippen molar-refractivity contribution in [3.63, 3.8) is 0 Å². The molecule has 2 rings (SSSR count). The van der Waals surface area contributed by atoms with Gasteiger partial charge in [-0.25, -0.2) is 0 Å². The number of carboxylic acid groups (broad SMARTS) is 1. The highest BCUT2D eigenvalue weighted by atomic mass is 28.2. The zero-order valence-corrected chi connectivity index (χ0v) is 12.8. The summed E-state index contributed by atoms with van der Waals surface area (Å²) in [6.07, 6.45) is 0.